The van der Waals surface area contributed by atoms with Gasteiger partial charge in [-0.25, -0.2) is 4.98 Å². The number of amides is 1. The number of H-pyrrole nitrogens is 1. The lowest BCUT2D eigenvalue weighted by Crippen LogP contribution is -2.60. The number of ether oxygens (including phenoxy) is 2. The highest BCUT2D eigenvalue weighted by atomic mass is 16.5. The van der Waals surface area contributed by atoms with Crippen LogP contribution in [0.15, 0.2) is 49.1 Å². The summed E-state index contributed by atoms with van der Waals surface area (Å²) in [6, 6.07) is 7.77. The second-order valence-electron chi connectivity index (χ2n) is 7.58. The van der Waals surface area contributed by atoms with Crippen LogP contribution in [0.25, 0.3) is 10.9 Å². The van der Waals surface area contributed by atoms with Gasteiger partial charge in [0.15, 0.2) is 0 Å². The molecule has 1 atom stereocenters. The van der Waals surface area contributed by atoms with E-state index in [2.05, 4.69) is 19.9 Å². The topological polar surface area (TPSA) is 83.6 Å². The molecule has 2 fully saturated rings. The first-order valence-corrected chi connectivity index (χ1v) is 9.82. The molecule has 0 radical (unpaired) electrons. The van der Waals surface area contributed by atoms with E-state index in [1.165, 1.54) is 0 Å². The molecule has 8 heteroatoms. The summed E-state index contributed by atoms with van der Waals surface area (Å²) in [7, 11) is 0. The van der Waals surface area contributed by atoms with Crippen molar-refractivity contribution >= 4 is 22.6 Å². The lowest BCUT2D eigenvalue weighted by Gasteiger charge is -2.43. The first-order chi connectivity index (χ1) is 14.2. The minimum Gasteiger partial charge on any atom is -0.376 e. The summed E-state index contributed by atoms with van der Waals surface area (Å²) < 4.78 is 12.1. The fourth-order valence-electron chi connectivity index (χ4n) is 4.12. The summed E-state index contributed by atoms with van der Waals surface area (Å²) in [5.41, 5.74) is 1.06. The van der Waals surface area contributed by atoms with Crippen LogP contribution in [0.1, 0.15) is 10.4 Å². The number of morpholine rings is 1. The molecule has 8 nitrogen and oxygen atoms in total. The van der Waals surface area contributed by atoms with Crippen LogP contribution >= 0.6 is 0 Å². The Morgan fingerprint density at radius 3 is 3.00 bits per heavy atom. The van der Waals surface area contributed by atoms with Crippen molar-refractivity contribution in [2.75, 3.05) is 50.9 Å². The smallest absolute Gasteiger partial charge is 0.254 e. The molecule has 2 aliphatic heterocycles. The second-order valence-corrected chi connectivity index (χ2v) is 7.58. The molecular weight excluding hydrogens is 370 g/mol. The van der Waals surface area contributed by atoms with Crippen LogP contribution in [0.5, 0.6) is 0 Å². The molecule has 3 aromatic rings. The van der Waals surface area contributed by atoms with Crippen molar-refractivity contribution < 1.29 is 14.3 Å². The average Bonchev–Trinajstić information content (AvgIpc) is 3.15. The van der Waals surface area contributed by atoms with E-state index >= 15 is 0 Å². The molecule has 2 aliphatic rings. The number of anilines is 1. The van der Waals surface area contributed by atoms with Crippen molar-refractivity contribution in [3.05, 3.63) is 54.6 Å². The fraction of sp³-hybridized carbons (Fsp3) is 0.381. The molecular formula is C21H23N5O3. The van der Waals surface area contributed by atoms with Crippen molar-refractivity contribution in [3.8, 4) is 0 Å². The number of aromatic amines is 1. The summed E-state index contributed by atoms with van der Waals surface area (Å²) >= 11 is 0. The maximum Gasteiger partial charge on any atom is 0.254 e. The summed E-state index contributed by atoms with van der Waals surface area (Å²) in [5.74, 6) is 0.807. The number of fused-ring (bicyclic) bond motifs is 1. The molecule has 0 bridgehead atoms. The van der Waals surface area contributed by atoms with Crippen molar-refractivity contribution in [2.24, 2.45) is 0 Å². The number of hydrogen-bond acceptors (Lipinski definition) is 6. The standard InChI is InChI=1S/C21H23N5O3/c27-20(17-2-1-16-3-4-23-18(16)11-17)26-8-10-29-21(14-26)13-25(7-9-28-15-21)19-12-22-5-6-24-19/h1-6,11-12,23H,7-10,13-15H2. The molecule has 1 amide bonds. The van der Waals surface area contributed by atoms with Crippen LogP contribution < -0.4 is 4.90 Å². The monoisotopic (exact) mass is 393 g/mol. The molecule has 4 heterocycles. The van der Waals surface area contributed by atoms with Crippen LogP contribution in [0.3, 0.4) is 0 Å². The van der Waals surface area contributed by atoms with Gasteiger partial charge in [-0.2, -0.15) is 0 Å². The van der Waals surface area contributed by atoms with Gasteiger partial charge in [-0.15, -0.1) is 0 Å². The number of carbonyl (C=O) groups excluding carboxylic acids is 1. The molecule has 29 heavy (non-hydrogen) atoms. The lowest BCUT2D eigenvalue weighted by atomic mass is 10.0. The third-order valence-corrected chi connectivity index (χ3v) is 5.56. The highest BCUT2D eigenvalue weighted by Crippen LogP contribution is 2.26. The number of nitrogens with one attached hydrogen (secondary N) is 1. The van der Waals surface area contributed by atoms with Crippen LogP contribution in [-0.4, -0.2) is 77.4 Å². The van der Waals surface area contributed by atoms with Crippen molar-refractivity contribution in [3.63, 3.8) is 0 Å². The molecule has 0 saturated carbocycles. The average molecular weight is 393 g/mol. The SMILES string of the molecule is O=C(c1ccc2cc[nH]c2c1)N1CCOC2(COCCN(c3cnccn3)C2)C1. The summed E-state index contributed by atoms with van der Waals surface area (Å²) in [5, 5.41) is 1.09. The first kappa shape index (κ1) is 18.1. The van der Waals surface area contributed by atoms with Gasteiger partial charge in [0, 0.05) is 42.8 Å². The predicted molar refractivity (Wildman–Crippen MR) is 108 cm³/mol. The summed E-state index contributed by atoms with van der Waals surface area (Å²) in [4.78, 5) is 29.0. The minimum atomic E-state index is -0.585. The number of benzene rings is 1. The Kier molecular flexibility index (Phi) is 4.65. The zero-order valence-corrected chi connectivity index (χ0v) is 16.1. The van der Waals surface area contributed by atoms with E-state index in [1.54, 1.807) is 18.6 Å². The van der Waals surface area contributed by atoms with Crippen LogP contribution in [0.4, 0.5) is 5.82 Å². The molecule has 150 valence electrons. The number of carbonyl (C=O) groups is 1. The maximum absolute atomic E-state index is 13.2. The minimum absolute atomic E-state index is 0.0134. The highest BCUT2D eigenvalue weighted by molar-refractivity contribution is 5.98. The van der Waals surface area contributed by atoms with Gasteiger partial charge in [0.2, 0.25) is 0 Å². The fourth-order valence-corrected chi connectivity index (χ4v) is 4.12. The van der Waals surface area contributed by atoms with E-state index in [4.69, 9.17) is 9.47 Å². The number of hydrogen-bond donors (Lipinski definition) is 1. The number of rotatable bonds is 2. The Hall–Kier alpha value is -2.97. The van der Waals surface area contributed by atoms with Gasteiger partial charge in [0.25, 0.3) is 5.91 Å². The van der Waals surface area contributed by atoms with E-state index in [9.17, 15) is 4.79 Å². The van der Waals surface area contributed by atoms with Gasteiger partial charge in [0.05, 0.1) is 39.1 Å². The molecule has 1 N–H and O–H groups in total. The molecule has 1 aromatic carbocycles. The lowest BCUT2D eigenvalue weighted by molar-refractivity contribution is -0.124. The van der Waals surface area contributed by atoms with E-state index < -0.39 is 5.60 Å². The predicted octanol–water partition coefficient (Wildman–Crippen LogP) is 1.71. The Bertz CT molecular complexity index is 1010. The normalized spacial score (nSPS) is 22.8. The van der Waals surface area contributed by atoms with E-state index in [0.717, 1.165) is 16.7 Å². The zero-order valence-electron chi connectivity index (χ0n) is 16.1. The summed E-state index contributed by atoms with van der Waals surface area (Å²) in [6.45, 7) is 3.86. The van der Waals surface area contributed by atoms with Gasteiger partial charge in [-0.05, 0) is 23.6 Å². The Balaban J connectivity index is 1.37. The zero-order chi connectivity index (χ0) is 19.7. The molecule has 5 rings (SSSR count). The molecule has 0 aliphatic carbocycles. The summed E-state index contributed by atoms with van der Waals surface area (Å²) in [6.07, 6.45) is 6.97. The van der Waals surface area contributed by atoms with Crippen molar-refractivity contribution in [2.45, 2.75) is 5.60 Å². The Labute approximate surface area is 168 Å². The van der Waals surface area contributed by atoms with Gasteiger partial charge in [-0.1, -0.05) is 6.07 Å². The van der Waals surface area contributed by atoms with Crippen LogP contribution in [0, 0.1) is 0 Å². The number of nitrogens with zero attached hydrogens (tertiary/aromatic N) is 4. The van der Waals surface area contributed by atoms with Gasteiger partial charge in [0.1, 0.15) is 11.4 Å². The highest BCUT2D eigenvalue weighted by Gasteiger charge is 2.42. The van der Waals surface area contributed by atoms with E-state index in [1.807, 2.05) is 35.4 Å². The quantitative estimate of drug-likeness (QED) is 0.714. The molecule has 1 unspecified atom stereocenters. The van der Waals surface area contributed by atoms with Crippen LogP contribution in [0.2, 0.25) is 0 Å². The van der Waals surface area contributed by atoms with Gasteiger partial charge >= 0.3 is 0 Å². The Morgan fingerprint density at radius 1 is 1.14 bits per heavy atom. The van der Waals surface area contributed by atoms with Crippen molar-refractivity contribution in [1.82, 2.24) is 19.9 Å². The molecule has 2 saturated heterocycles. The van der Waals surface area contributed by atoms with Crippen LogP contribution in [-0.2, 0) is 9.47 Å². The molecule has 2 aromatic heterocycles. The third kappa shape index (κ3) is 3.56. The van der Waals surface area contributed by atoms with Gasteiger partial charge in [-0.3, -0.25) is 9.78 Å². The van der Waals surface area contributed by atoms with E-state index in [-0.39, 0.29) is 5.91 Å². The van der Waals surface area contributed by atoms with E-state index in [0.29, 0.717) is 51.6 Å². The number of aromatic nitrogens is 3. The van der Waals surface area contributed by atoms with Crippen molar-refractivity contribution in [1.29, 1.82) is 0 Å². The first-order valence-electron chi connectivity index (χ1n) is 9.82. The maximum atomic E-state index is 13.2. The Morgan fingerprint density at radius 2 is 2.10 bits per heavy atom. The third-order valence-electron chi connectivity index (χ3n) is 5.56. The second kappa shape index (κ2) is 7.46. The largest absolute Gasteiger partial charge is 0.376 e. The molecule has 1 spiro atoms. The van der Waals surface area contributed by atoms with Gasteiger partial charge < -0.3 is 24.3 Å².